The zero-order chi connectivity index (χ0) is 13.1. The lowest BCUT2D eigenvalue weighted by atomic mass is 10.2. The number of aromatic nitrogens is 1. The van der Waals surface area contributed by atoms with Gasteiger partial charge < -0.3 is 9.72 Å². The van der Waals surface area contributed by atoms with Gasteiger partial charge in [-0.25, -0.2) is 0 Å². The molecule has 0 bridgehead atoms. The maximum absolute atomic E-state index is 12.0. The monoisotopic (exact) mass is 310 g/mol. The lowest BCUT2D eigenvalue weighted by Gasteiger charge is -2.12. The van der Waals surface area contributed by atoms with Crippen molar-refractivity contribution in [2.75, 3.05) is 0 Å². The molecule has 0 fully saturated rings. The fourth-order valence-electron chi connectivity index (χ4n) is 1.16. The van der Waals surface area contributed by atoms with E-state index in [0.29, 0.717) is 0 Å². The summed E-state index contributed by atoms with van der Waals surface area (Å²) >= 11 is 2.93. The van der Waals surface area contributed by atoms with Gasteiger partial charge in [-0.1, -0.05) is 15.9 Å². The van der Waals surface area contributed by atoms with E-state index in [1.54, 1.807) is 6.07 Å². The average Bonchev–Trinajstić information content (AvgIpc) is 2.20. The molecule has 0 radical (unpaired) electrons. The van der Waals surface area contributed by atoms with Crippen molar-refractivity contribution >= 4 is 15.9 Å². The predicted molar refractivity (Wildman–Crippen MR) is 55.7 cm³/mol. The first-order valence-corrected chi connectivity index (χ1v) is 5.43. The van der Waals surface area contributed by atoms with Crippen molar-refractivity contribution < 1.29 is 17.9 Å². The molecule has 1 heterocycles. The Balaban J connectivity index is 3.23. The van der Waals surface area contributed by atoms with Gasteiger partial charge in [0.05, 0.1) is 18.2 Å². The highest BCUT2D eigenvalue weighted by atomic mass is 79.9. The number of hydrogen-bond acceptors (Lipinski definition) is 3. The molecule has 92 valence electrons. The number of nitrogens with one attached hydrogen (secondary N) is 1. The summed E-state index contributed by atoms with van der Waals surface area (Å²) in [6, 6.07) is 2.69. The van der Waals surface area contributed by atoms with Crippen LogP contribution in [0.25, 0.3) is 0 Å². The Kier molecular flexibility index (Phi) is 4.17. The summed E-state index contributed by atoms with van der Waals surface area (Å²) in [5, 5.41) is 8.41. The number of ether oxygens (including phenoxy) is 1. The molecule has 0 unspecified atom stereocenters. The second-order valence-electron chi connectivity index (χ2n) is 2.98. The van der Waals surface area contributed by atoms with E-state index >= 15 is 0 Å². The average molecular weight is 311 g/mol. The third-order valence-corrected chi connectivity index (χ3v) is 2.30. The topological polar surface area (TPSA) is 65.9 Å². The lowest BCUT2D eigenvalue weighted by molar-refractivity contribution is -0.275. The van der Waals surface area contributed by atoms with Gasteiger partial charge in [0.15, 0.2) is 5.75 Å². The molecular weight excluding hydrogens is 305 g/mol. The minimum atomic E-state index is -4.93. The summed E-state index contributed by atoms with van der Waals surface area (Å²) in [6.07, 6.45) is -5.03. The van der Waals surface area contributed by atoms with Crippen LogP contribution in [0.5, 0.6) is 5.75 Å². The molecule has 1 N–H and O–H groups in total. The van der Waals surface area contributed by atoms with Gasteiger partial charge in [0, 0.05) is 17.1 Å². The second kappa shape index (κ2) is 5.23. The summed E-state index contributed by atoms with van der Waals surface area (Å²) < 4.78 is 39.8. The first kappa shape index (κ1) is 13.6. The fourth-order valence-corrected chi connectivity index (χ4v) is 1.56. The zero-order valence-corrected chi connectivity index (χ0v) is 9.85. The number of rotatable bonds is 3. The highest BCUT2D eigenvalue weighted by Crippen LogP contribution is 2.23. The SMILES string of the molecule is N#CCc1cc(=O)c(OC(F)(F)F)c(CBr)[nH]1. The van der Waals surface area contributed by atoms with Gasteiger partial charge in [-0.05, 0) is 0 Å². The van der Waals surface area contributed by atoms with E-state index in [9.17, 15) is 18.0 Å². The van der Waals surface area contributed by atoms with Crippen LogP contribution < -0.4 is 10.2 Å². The molecule has 0 aliphatic heterocycles. The van der Waals surface area contributed by atoms with Crippen LogP contribution in [0.15, 0.2) is 10.9 Å². The molecule has 0 aliphatic rings. The molecule has 4 nitrogen and oxygen atoms in total. The summed E-state index contributed by atoms with van der Waals surface area (Å²) in [5.74, 6) is -0.809. The summed E-state index contributed by atoms with van der Waals surface area (Å²) in [4.78, 5) is 13.9. The molecule has 17 heavy (non-hydrogen) atoms. The number of aromatic amines is 1. The highest BCUT2D eigenvalue weighted by molar-refractivity contribution is 9.08. The zero-order valence-electron chi connectivity index (χ0n) is 8.27. The van der Waals surface area contributed by atoms with E-state index < -0.39 is 17.5 Å². The van der Waals surface area contributed by atoms with Crippen LogP contribution in [-0.2, 0) is 11.8 Å². The number of alkyl halides is 4. The summed E-state index contributed by atoms with van der Waals surface area (Å²) in [5.41, 5.74) is -0.734. The third kappa shape index (κ3) is 3.78. The minimum Gasteiger partial charge on any atom is -0.400 e. The van der Waals surface area contributed by atoms with Crippen LogP contribution in [0.3, 0.4) is 0 Å². The van der Waals surface area contributed by atoms with Crippen LogP contribution in [0.2, 0.25) is 0 Å². The molecule has 0 amide bonds. The normalized spacial score (nSPS) is 11.0. The second-order valence-corrected chi connectivity index (χ2v) is 3.54. The minimum absolute atomic E-state index is 0.0209. The van der Waals surface area contributed by atoms with E-state index in [2.05, 4.69) is 25.7 Å². The van der Waals surface area contributed by atoms with Crippen molar-refractivity contribution in [2.45, 2.75) is 18.1 Å². The van der Waals surface area contributed by atoms with Crippen LogP contribution in [0.4, 0.5) is 13.2 Å². The number of pyridine rings is 1. The van der Waals surface area contributed by atoms with Crippen LogP contribution >= 0.6 is 15.9 Å². The van der Waals surface area contributed by atoms with E-state index in [4.69, 9.17) is 5.26 Å². The van der Waals surface area contributed by atoms with Crippen LogP contribution in [-0.4, -0.2) is 11.3 Å². The van der Waals surface area contributed by atoms with E-state index in [-0.39, 0.29) is 23.1 Å². The number of nitrogens with zero attached hydrogens (tertiary/aromatic N) is 1. The van der Waals surface area contributed by atoms with Crippen molar-refractivity contribution in [3.63, 3.8) is 0 Å². The largest absolute Gasteiger partial charge is 0.573 e. The molecule has 1 rings (SSSR count). The molecule has 0 atom stereocenters. The summed E-state index contributed by atoms with van der Waals surface area (Å²) in [7, 11) is 0. The van der Waals surface area contributed by atoms with Crippen molar-refractivity contribution in [3.05, 3.63) is 27.7 Å². The van der Waals surface area contributed by atoms with Gasteiger partial charge in [-0.15, -0.1) is 13.2 Å². The Morgan fingerprint density at radius 3 is 2.65 bits per heavy atom. The number of nitriles is 1. The Morgan fingerprint density at radius 1 is 1.53 bits per heavy atom. The van der Waals surface area contributed by atoms with Crippen LogP contribution in [0, 0.1) is 11.3 Å². The van der Waals surface area contributed by atoms with Crippen molar-refractivity contribution in [2.24, 2.45) is 0 Å². The summed E-state index contributed by atoms with van der Waals surface area (Å²) in [6.45, 7) is 0. The lowest BCUT2D eigenvalue weighted by Crippen LogP contribution is -2.23. The number of hydrogen-bond donors (Lipinski definition) is 1. The highest BCUT2D eigenvalue weighted by Gasteiger charge is 2.33. The maximum Gasteiger partial charge on any atom is 0.573 e. The molecule has 0 saturated heterocycles. The first-order valence-electron chi connectivity index (χ1n) is 4.31. The van der Waals surface area contributed by atoms with Gasteiger partial charge in [0.2, 0.25) is 5.43 Å². The quantitative estimate of drug-likeness (QED) is 0.871. The van der Waals surface area contributed by atoms with Crippen molar-refractivity contribution in [1.82, 2.24) is 4.98 Å². The molecule has 8 heteroatoms. The van der Waals surface area contributed by atoms with E-state index in [1.165, 1.54) is 0 Å². The van der Waals surface area contributed by atoms with Gasteiger partial charge in [-0.2, -0.15) is 5.26 Å². The number of halogens is 4. The Labute approximate surface area is 102 Å². The standard InChI is InChI=1S/C9H6BrF3N2O2/c10-4-6-8(17-9(11,12)13)7(16)3-5(15-6)1-2-14/h3H,1,4H2,(H,15,16). The Hall–Kier alpha value is -1.49. The van der Waals surface area contributed by atoms with E-state index in [0.717, 1.165) is 6.07 Å². The van der Waals surface area contributed by atoms with Gasteiger partial charge in [0.1, 0.15) is 0 Å². The first-order chi connectivity index (χ1) is 7.87. The van der Waals surface area contributed by atoms with Crippen molar-refractivity contribution in [1.29, 1.82) is 5.26 Å². The molecule has 1 aromatic rings. The van der Waals surface area contributed by atoms with Gasteiger partial charge in [0.25, 0.3) is 0 Å². The molecule has 1 aromatic heterocycles. The molecule has 0 spiro atoms. The molecule has 0 aromatic carbocycles. The van der Waals surface area contributed by atoms with E-state index in [1.807, 2.05) is 0 Å². The Morgan fingerprint density at radius 2 is 2.18 bits per heavy atom. The third-order valence-electron chi connectivity index (χ3n) is 1.74. The van der Waals surface area contributed by atoms with Gasteiger partial charge >= 0.3 is 6.36 Å². The molecule has 0 saturated carbocycles. The van der Waals surface area contributed by atoms with Gasteiger partial charge in [-0.3, -0.25) is 4.79 Å². The predicted octanol–water partition coefficient (Wildman–Crippen LogP) is 2.23. The molecular formula is C9H6BrF3N2O2. The molecule has 0 aliphatic carbocycles. The van der Waals surface area contributed by atoms with Crippen LogP contribution in [0.1, 0.15) is 11.4 Å². The number of H-pyrrole nitrogens is 1. The maximum atomic E-state index is 12.0. The fraction of sp³-hybridized carbons (Fsp3) is 0.333. The smallest absolute Gasteiger partial charge is 0.400 e. The van der Waals surface area contributed by atoms with Crippen molar-refractivity contribution in [3.8, 4) is 11.8 Å². The Bertz CT molecular complexity index is 504.